The summed E-state index contributed by atoms with van der Waals surface area (Å²) in [6.07, 6.45) is 10.4. The summed E-state index contributed by atoms with van der Waals surface area (Å²) in [7, 11) is 2.98. The molecule has 0 fully saturated rings. The van der Waals surface area contributed by atoms with Crippen LogP contribution in [-0.4, -0.2) is 16.4 Å². The van der Waals surface area contributed by atoms with Crippen molar-refractivity contribution < 1.29 is 5.11 Å². The Hall–Kier alpha value is 0.390. The molecule has 0 spiro atoms. The van der Waals surface area contributed by atoms with Gasteiger partial charge in [-0.3, -0.25) is 0 Å². The van der Waals surface area contributed by atoms with Crippen LogP contribution in [0.4, 0.5) is 0 Å². The van der Waals surface area contributed by atoms with Gasteiger partial charge in [-0.1, -0.05) is 59.3 Å². The number of hydrogen-bond acceptors (Lipinski definition) is 1. The molecular weight excluding hydrogens is 215 g/mol. The van der Waals surface area contributed by atoms with Gasteiger partial charge in [0, 0.05) is 5.16 Å². The standard InChI is InChI=1S/C14H31OP/c1-4-7-10-13(15)14(16,11-8-5-2)12-9-6-3/h13,15H,4-12,16H2,1-3H3. The summed E-state index contributed by atoms with van der Waals surface area (Å²) in [5.74, 6) is 0. The van der Waals surface area contributed by atoms with Crippen molar-refractivity contribution in [1.82, 2.24) is 0 Å². The third-order valence-electron chi connectivity index (χ3n) is 3.49. The van der Waals surface area contributed by atoms with Gasteiger partial charge in [-0.2, -0.15) is 0 Å². The molecular formula is C14H31OP. The van der Waals surface area contributed by atoms with Crippen LogP contribution in [0.2, 0.25) is 0 Å². The Morgan fingerprint density at radius 1 is 0.938 bits per heavy atom. The molecule has 0 aromatic rings. The zero-order valence-electron chi connectivity index (χ0n) is 11.5. The average Bonchev–Trinajstić information content (AvgIpc) is 2.30. The van der Waals surface area contributed by atoms with Crippen molar-refractivity contribution in [3.05, 3.63) is 0 Å². The maximum atomic E-state index is 10.3. The van der Waals surface area contributed by atoms with Gasteiger partial charge >= 0.3 is 0 Å². The maximum Gasteiger partial charge on any atom is 0.0630 e. The third-order valence-corrected chi connectivity index (χ3v) is 4.45. The molecule has 2 heteroatoms. The molecule has 0 radical (unpaired) electrons. The van der Waals surface area contributed by atoms with E-state index in [9.17, 15) is 5.11 Å². The first-order chi connectivity index (χ1) is 7.60. The summed E-state index contributed by atoms with van der Waals surface area (Å²) < 4.78 is 0. The fraction of sp³-hybridized carbons (Fsp3) is 1.00. The maximum absolute atomic E-state index is 10.3. The normalized spacial score (nSPS) is 14.1. The van der Waals surface area contributed by atoms with E-state index in [2.05, 4.69) is 30.0 Å². The predicted octanol–water partition coefficient (Wildman–Crippen LogP) is 4.53. The fourth-order valence-corrected chi connectivity index (χ4v) is 2.73. The Balaban J connectivity index is 4.24. The molecule has 98 valence electrons. The van der Waals surface area contributed by atoms with Gasteiger partial charge in [0.25, 0.3) is 0 Å². The minimum atomic E-state index is -0.129. The first kappa shape index (κ1) is 16.4. The van der Waals surface area contributed by atoms with Crippen LogP contribution in [0.15, 0.2) is 0 Å². The van der Waals surface area contributed by atoms with Crippen LogP contribution in [0.1, 0.15) is 78.6 Å². The monoisotopic (exact) mass is 246 g/mol. The molecule has 0 aliphatic rings. The second-order valence-corrected chi connectivity index (χ2v) is 6.25. The Morgan fingerprint density at radius 2 is 1.38 bits per heavy atom. The average molecular weight is 246 g/mol. The first-order valence-electron chi connectivity index (χ1n) is 7.07. The molecule has 1 nitrogen and oxygen atoms in total. The number of aliphatic hydroxyl groups is 1. The third kappa shape index (κ3) is 6.21. The highest BCUT2D eigenvalue weighted by molar-refractivity contribution is 7.19. The molecule has 2 unspecified atom stereocenters. The second-order valence-electron chi connectivity index (χ2n) is 5.10. The van der Waals surface area contributed by atoms with Crippen LogP contribution in [0, 0.1) is 0 Å². The van der Waals surface area contributed by atoms with Crippen molar-refractivity contribution in [3.8, 4) is 0 Å². The quantitative estimate of drug-likeness (QED) is 0.561. The minimum Gasteiger partial charge on any atom is -0.392 e. The van der Waals surface area contributed by atoms with Gasteiger partial charge in [0.1, 0.15) is 0 Å². The Bertz CT molecular complexity index is 151. The molecule has 0 saturated carbocycles. The highest BCUT2D eigenvalue weighted by Gasteiger charge is 2.31. The van der Waals surface area contributed by atoms with E-state index in [1.54, 1.807) is 0 Å². The summed E-state index contributed by atoms with van der Waals surface area (Å²) >= 11 is 0. The zero-order chi connectivity index (χ0) is 12.4. The lowest BCUT2D eigenvalue weighted by Gasteiger charge is -2.35. The Morgan fingerprint density at radius 3 is 1.75 bits per heavy atom. The van der Waals surface area contributed by atoms with Gasteiger partial charge in [-0.25, -0.2) is 0 Å². The van der Waals surface area contributed by atoms with Crippen LogP contribution < -0.4 is 0 Å². The summed E-state index contributed by atoms with van der Waals surface area (Å²) in [6.45, 7) is 6.64. The predicted molar refractivity (Wildman–Crippen MR) is 77.0 cm³/mol. The highest BCUT2D eigenvalue weighted by atomic mass is 31.0. The van der Waals surface area contributed by atoms with Crippen molar-refractivity contribution >= 4 is 9.24 Å². The molecule has 0 aromatic carbocycles. The second kappa shape index (κ2) is 9.42. The van der Waals surface area contributed by atoms with Gasteiger partial charge in [0.2, 0.25) is 0 Å². The van der Waals surface area contributed by atoms with Gasteiger partial charge in [0.05, 0.1) is 6.10 Å². The summed E-state index contributed by atoms with van der Waals surface area (Å²) in [4.78, 5) is 0. The van der Waals surface area contributed by atoms with E-state index in [0.29, 0.717) is 0 Å². The van der Waals surface area contributed by atoms with E-state index in [1.807, 2.05) is 0 Å². The van der Waals surface area contributed by atoms with Crippen LogP contribution in [-0.2, 0) is 0 Å². The molecule has 0 aromatic heterocycles. The molecule has 16 heavy (non-hydrogen) atoms. The van der Waals surface area contributed by atoms with Gasteiger partial charge < -0.3 is 5.11 Å². The fourth-order valence-electron chi connectivity index (χ4n) is 2.15. The molecule has 0 bridgehead atoms. The van der Waals surface area contributed by atoms with Gasteiger partial charge in [-0.15, -0.1) is 9.24 Å². The highest BCUT2D eigenvalue weighted by Crippen LogP contribution is 2.36. The minimum absolute atomic E-state index is 0.0845. The van der Waals surface area contributed by atoms with E-state index in [-0.39, 0.29) is 11.3 Å². The Labute approximate surface area is 105 Å². The largest absolute Gasteiger partial charge is 0.392 e. The molecule has 2 atom stereocenters. The van der Waals surface area contributed by atoms with Gasteiger partial charge in [0.15, 0.2) is 0 Å². The number of hydrogen-bond donors (Lipinski definition) is 1. The summed E-state index contributed by atoms with van der Waals surface area (Å²) in [6, 6.07) is 0. The van der Waals surface area contributed by atoms with Crippen LogP contribution in [0.25, 0.3) is 0 Å². The molecule has 0 amide bonds. The molecule has 0 saturated heterocycles. The lowest BCUT2D eigenvalue weighted by Crippen LogP contribution is -2.36. The lowest BCUT2D eigenvalue weighted by atomic mass is 9.87. The smallest absolute Gasteiger partial charge is 0.0630 e. The number of aliphatic hydroxyl groups excluding tert-OH is 1. The number of rotatable bonds is 10. The molecule has 0 aliphatic carbocycles. The van der Waals surface area contributed by atoms with Crippen molar-refractivity contribution in [1.29, 1.82) is 0 Å². The number of unbranched alkanes of at least 4 members (excludes halogenated alkanes) is 3. The lowest BCUT2D eigenvalue weighted by molar-refractivity contribution is 0.104. The van der Waals surface area contributed by atoms with Crippen LogP contribution >= 0.6 is 9.24 Å². The van der Waals surface area contributed by atoms with Crippen molar-refractivity contribution in [2.24, 2.45) is 0 Å². The van der Waals surface area contributed by atoms with Crippen molar-refractivity contribution in [2.75, 3.05) is 0 Å². The molecule has 0 aliphatic heterocycles. The van der Waals surface area contributed by atoms with Crippen LogP contribution in [0.5, 0.6) is 0 Å². The molecule has 0 heterocycles. The summed E-state index contributed by atoms with van der Waals surface area (Å²) in [5.41, 5.74) is 0. The summed E-state index contributed by atoms with van der Waals surface area (Å²) in [5, 5.41) is 10.4. The van der Waals surface area contributed by atoms with E-state index >= 15 is 0 Å². The molecule has 1 N–H and O–H groups in total. The topological polar surface area (TPSA) is 20.2 Å². The van der Waals surface area contributed by atoms with Crippen molar-refractivity contribution in [3.63, 3.8) is 0 Å². The SMILES string of the molecule is CCCCC(O)C(P)(CCCC)CCCC. The van der Waals surface area contributed by atoms with E-state index < -0.39 is 0 Å². The first-order valence-corrected chi connectivity index (χ1v) is 7.65. The van der Waals surface area contributed by atoms with E-state index in [1.165, 1.54) is 32.1 Å². The van der Waals surface area contributed by atoms with E-state index in [4.69, 9.17) is 0 Å². The zero-order valence-corrected chi connectivity index (χ0v) is 12.6. The molecule has 0 rings (SSSR count). The van der Waals surface area contributed by atoms with Gasteiger partial charge in [-0.05, 0) is 19.3 Å². The Kier molecular flexibility index (Phi) is 9.65. The van der Waals surface area contributed by atoms with Crippen molar-refractivity contribution in [2.45, 2.75) is 89.8 Å². The van der Waals surface area contributed by atoms with E-state index in [0.717, 1.165) is 25.7 Å². The van der Waals surface area contributed by atoms with Crippen LogP contribution in [0.3, 0.4) is 0 Å².